The molecule has 0 bridgehead atoms. The van der Waals surface area contributed by atoms with Crippen molar-refractivity contribution in [2.75, 3.05) is 13.2 Å². The molecule has 0 aromatic rings. The van der Waals surface area contributed by atoms with Crippen LogP contribution >= 0.6 is 0 Å². The number of hydrogen-bond acceptors (Lipinski definition) is 3. The molecule has 0 aromatic heterocycles. The largest absolute Gasteiger partial charge is 0.522 e. The minimum absolute atomic E-state index is 0.0776. The number of hydrogen-bond donors (Lipinski definition) is 1. The van der Waals surface area contributed by atoms with E-state index in [0.29, 0.717) is 6.42 Å². The van der Waals surface area contributed by atoms with E-state index in [4.69, 9.17) is 0 Å². The molecule has 110 valence electrons. The molecular weight excluding hydrogens is 265 g/mol. The number of ether oxygens (including phenoxy) is 1. The van der Waals surface area contributed by atoms with Gasteiger partial charge in [0, 0.05) is 19.0 Å². The van der Waals surface area contributed by atoms with Crippen LogP contribution in [0.1, 0.15) is 26.7 Å². The van der Waals surface area contributed by atoms with Crippen molar-refractivity contribution in [2.24, 2.45) is 0 Å². The highest BCUT2D eigenvalue weighted by molar-refractivity contribution is 5.90. The molecule has 1 fully saturated rings. The van der Waals surface area contributed by atoms with Crippen LogP contribution in [-0.2, 0) is 14.3 Å². The highest BCUT2D eigenvalue weighted by atomic mass is 19.4. The smallest absolute Gasteiger partial charge is 0.344 e. The Hall–Kier alpha value is -1.31. The topological polar surface area (TPSA) is 58.6 Å². The zero-order valence-electron chi connectivity index (χ0n) is 10.8. The Morgan fingerprint density at radius 3 is 2.58 bits per heavy atom. The number of amides is 2. The van der Waals surface area contributed by atoms with Crippen molar-refractivity contribution in [1.82, 2.24) is 10.2 Å². The summed E-state index contributed by atoms with van der Waals surface area (Å²) in [6.07, 6.45) is -4.24. The zero-order chi connectivity index (χ0) is 14.6. The van der Waals surface area contributed by atoms with Gasteiger partial charge in [-0.2, -0.15) is 0 Å². The van der Waals surface area contributed by atoms with Gasteiger partial charge in [0.1, 0.15) is 6.04 Å². The molecular formula is C11H17F3N2O3. The van der Waals surface area contributed by atoms with Gasteiger partial charge in [-0.15, -0.1) is 13.2 Å². The van der Waals surface area contributed by atoms with Gasteiger partial charge in [0.05, 0.1) is 6.61 Å². The molecule has 2 atom stereocenters. The summed E-state index contributed by atoms with van der Waals surface area (Å²) in [6, 6.07) is -1.12. The summed E-state index contributed by atoms with van der Waals surface area (Å²) in [6.45, 7) is 2.53. The number of alkyl halides is 3. The Morgan fingerprint density at radius 2 is 2.05 bits per heavy atom. The van der Waals surface area contributed by atoms with Crippen molar-refractivity contribution in [2.45, 2.75) is 45.1 Å². The van der Waals surface area contributed by atoms with Crippen molar-refractivity contribution in [3.8, 4) is 0 Å². The molecule has 2 amide bonds. The number of carbonyl (C=O) groups is 2. The Bertz CT molecular complexity index is 347. The SMILES string of the molecule is CCC1NC(=O)CC(C)N(CCOC(F)(F)F)C1=O. The molecule has 0 spiro atoms. The van der Waals surface area contributed by atoms with Gasteiger partial charge in [-0.05, 0) is 13.3 Å². The van der Waals surface area contributed by atoms with E-state index >= 15 is 0 Å². The average molecular weight is 282 g/mol. The minimum Gasteiger partial charge on any atom is -0.344 e. The molecule has 1 aliphatic rings. The van der Waals surface area contributed by atoms with Gasteiger partial charge in [0.15, 0.2) is 0 Å². The monoisotopic (exact) mass is 282 g/mol. The third-order valence-electron chi connectivity index (χ3n) is 2.94. The molecule has 8 heteroatoms. The lowest BCUT2D eigenvalue weighted by Gasteiger charge is -2.28. The normalized spacial score (nSPS) is 25.2. The first-order valence-corrected chi connectivity index (χ1v) is 6.05. The molecule has 2 unspecified atom stereocenters. The second-order valence-corrected chi connectivity index (χ2v) is 4.41. The Kier molecular flexibility index (Phi) is 5.16. The van der Waals surface area contributed by atoms with Crippen LogP contribution < -0.4 is 5.32 Å². The maximum Gasteiger partial charge on any atom is 0.522 e. The second kappa shape index (κ2) is 6.23. The summed E-state index contributed by atoms with van der Waals surface area (Å²) in [5.74, 6) is -0.640. The van der Waals surface area contributed by atoms with E-state index in [1.54, 1.807) is 13.8 Å². The predicted molar refractivity (Wildman–Crippen MR) is 60.0 cm³/mol. The van der Waals surface area contributed by atoms with Crippen molar-refractivity contribution < 1.29 is 27.5 Å². The van der Waals surface area contributed by atoms with Gasteiger partial charge in [0.25, 0.3) is 0 Å². The summed E-state index contributed by atoms with van der Waals surface area (Å²) in [4.78, 5) is 24.8. The van der Waals surface area contributed by atoms with Crippen LogP contribution in [0.3, 0.4) is 0 Å². The first-order chi connectivity index (χ1) is 8.74. The van der Waals surface area contributed by atoms with Gasteiger partial charge in [-0.25, -0.2) is 0 Å². The van der Waals surface area contributed by atoms with Gasteiger partial charge >= 0.3 is 6.36 Å². The summed E-state index contributed by atoms with van der Waals surface area (Å²) in [5, 5.41) is 2.55. The average Bonchev–Trinajstić information content (AvgIpc) is 2.37. The number of halogens is 3. The maximum absolute atomic E-state index is 12.1. The molecule has 0 radical (unpaired) electrons. The van der Waals surface area contributed by atoms with E-state index in [-0.39, 0.29) is 24.8 Å². The molecule has 19 heavy (non-hydrogen) atoms. The van der Waals surface area contributed by atoms with Crippen molar-refractivity contribution in [1.29, 1.82) is 0 Å². The summed E-state index contributed by atoms with van der Waals surface area (Å²) >= 11 is 0. The van der Waals surface area contributed by atoms with Crippen LogP contribution in [0.2, 0.25) is 0 Å². The fourth-order valence-electron chi connectivity index (χ4n) is 1.98. The van der Waals surface area contributed by atoms with Crippen LogP contribution in [0.25, 0.3) is 0 Å². The minimum atomic E-state index is -4.71. The highest BCUT2D eigenvalue weighted by Crippen LogP contribution is 2.17. The van der Waals surface area contributed by atoms with E-state index in [2.05, 4.69) is 10.1 Å². The lowest BCUT2D eigenvalue weighted by Crippen LogP contribution is -2.47. The molecule has 1 heterocycles. The van der Waals surface area contributed by atoms with Crippen molar-refractivity contribution >= 4 is 11.8 Å². The molecule has 1 rings (SSSR count). The van der Waals surface area contributed by atoms with Crippen LogP contribution in [0, 0.1) is 0 Å². The van der Waals surface area contributed by atoms with Gasteiger partial charge in [0.2, 0.25) is 11.8 Å². The van der Waals surface area contributed by atoms with Crippen molar-refractivity contribution in [3.05, 3.63) is 0 Å². The number of nitrogens with one attached hydrogen (secondary N) is 1. The van der Waals surface area contributed by atoms with Gasteiger partial charge in [-0.1, -0.05) is 6.92 Å². The van der Waals surface area contributed by atoms with E-state index < -0.39 is 25.1 Å². The van der Waals surface area contributed by atoms with Crippen molar-refractivity contribution in [3.63, 3.8) is 0 Å². The number of rotatable bonds is 4. The Balaban J connectivity index is 2.66. The fraction of sp³-hybridized carbons (Fsp3) is 0.818. The van der Waals surface area contributed by atoms with Gasteiger partial charge < -0.3 is 10.2 Å². The van der Waals surface area contributed by atoms with Crippen LogP contribution in [-0.4, -0.2) is 48.3 Å². The number of nitrogens with zero attached hydrogens (tertiary/aromatic N) is 1. The number of carbonyl (C=O) groups excluding carboxylic acids is 2. The molecule has 0 saturated carbocycles. The van der Waals surface area contributed by atoms with Crippen LogP contribution in [0.4, 0.5) is 13.2 Å². The summed E-state index contributed by atoms with van der Waals surface area (Å²) < 4.78 is 39.4. The van der Waals surface area contributed by atoms with E-state index in [0.717, 1.165) is 0 Å². The lowest BCUT2D eigenvalue weighted by molar-refractivity contribution is -0.325. The molecule has 0 aromatic carbocycles. The maximum atomic E-state index is 12.1. The predicted octanol–water partition coefficient (Wildman–Crippen LogP) is 1.04. The highest BCUT2D eigenvalue weighted by Gasteiger charge is 2.34. The van der Waals surface area contributed by atoms with Crippen LogP contribution in [0.15, 0.2) is 0 Å². The Labute approximate surface area is 109 Å². The fourth-order valence-corrected chi connectivity index (χ4v) is 1.98. The molecule has 1 aliphatic heterocycles. The standard InChI is InChI=1S/C11H17F3N2O3/c1-3-8-10(18)16(4-5-19-11(12,13)14)7(2)6-9(17)15-8/h7-8H,3-6H2,1-2H3,(H,15,17). The second-order valence-electron chi connectivity index (χ2n) is 4.41. The first kappa shape index (κ1) is 15.7. The molecule has 5 nitrogen and oxygen atoms in total. The summed E-state index contributed by atoms with van der Waals surface area (Å²) in [5.41, 5.74) is 0. The quantitative estimate of drug-likeness (QED) is 0.838. The van der Waals surface area contributed by atoms with E-state index in [1.165, 1.54) is 4.90 Å². The molecule has 1 N–H and O–H groups in total. The van der Waals surface area contributed by atoms with Gasteiger partial charge in [-0.3, -0.25) is 14.3 Å². The third-order valence-corrected chi connectivity index (χ3v) is 2.94. The van der Waals surface area contributed by atoms with Crippen LogP contribution in [0.5, 0.6) is 0 Å². The summed E-state index contributed by atoms with van der Waals surface area (Å²) in [7, 11) is 0. The van der Waals surface area contributed by atoms with E-state index in [9.17, 15) is 22.8 Å². The molecule has 1 saturated heterocycles. The third kappa shape index (κ3) is 4.70. The lowest BCUT2D eigenvalue weighted by atomic mass is 10.2. The molecule has 0 aliphatic carbocycles. The zero-order valence-corrected chi connectivity index (χ0v) is 10.8. The first-order valence-electron chi connectivity index (χ1n) is 6.05. The Morgan fingerprint density at radius 1 is 1.42 bits per heavy atom. The van der Waals surface area contributed by atoms with E-state index in [1.807, 2.05) is 0 Å².